The lowest BCUT2D eigenvalue weighted by molar-refractivity contribution is -0.139. The maximum Gasteiger partial charge on any atom is 0.228 e. The first-order chi connectivity index (χ1) is 11.8. The van der Waals surface area contributed by atoms with Crippen LogP contribution in [0, 0.1) is 11.3 Å². The highest BCUT2D eigenvalue weighted by molar-refractivity contribution is 5.82. The Balaban J connectivity index is 1.56. The molecule has 0 saturated carbocycles. The largest absolute Gasteiger partial charge is 0.508 e. The standard InChI is InChI=1S/C20H28N2O3/c1-20(2,12-15-5-7-17(23)8-6-15)19(25)22-11-9-16(14-22)13-21-10-3-4-18(21)24/h5-8,16,23H,3-4,9-14H2,1-2H3. The average molecular weight is 344 g/mol. The van der Waals surface area contributed by atoms with Crippen molar-refractivity contribution < 1.29 is 14.7 Å². The highest BCUT2D eigenvalue weighted by Gasteiger charge is 2.37. The predicted molar refractivity (Wildman–Crippen MR) is 96.1 cm³/mol. The van der Waals surface area contributed by atoms with Crippen molar-refractivity contribution in [3.63, 3.8) is 0 Å². The molecule has 2 aliphatic rings. The Hall–Kier alpha value is -2.04. The van der Waals surface area contributed by atoms with Gasteiger partial charge >= 0.3 is 0 Å². The summed E-state index contributed by atoms with van der Waals surface area (Å²) in [6.07, 6.45) is 3.27. The summed E-state index contributed by atoms with van der Waals surface area (Å²) in [4.78, 5) is 28.7. The van der Waals surface area contributed by atoms with Crippen molar-refractivity contribution in [2.45, 2.75) is 39.5 Å². The zero-order valence-electron chi connectivity index (χ0n) is 15.2. The van der Waals surface area contributed by atoms with Crippen molar-refractivity contribution in [1.29, 1.82) is 0 Å². The van der Waals surface area contributed by atoms with Gasteiger partial charge in [-0.3, -0.25) is 9.59 Å². The molecule has 2 heterocycles. The first-order valence-electron chi connectivity index (χ1n) is 9.20. The Bertz CT molecular complexity index is 639. The van der Waals surface area contributed by atoms with Gasteiger partial charge in [-0.15, -0.1) is 0 Å². The lowest BCUT2D eigenvalue weighted by Gasteiger charge is -2.30. The molecule has 2 fully saturated rings. The van der Waals surface area contributed by atoms with E-state index in [0.29, 0.717) is 18.8 Å². The molecule has 0 aromatic heterocycles. The van der Waals surface area contributed by atoms with Crippen LogP contribution in [-0.2, 0) is 16.0 Å². The normalized spacial score (nSPS) is 21.2. The van der Waals surface area contributed by atoms with E-state index in [9.17, 15) is 14.7 Å². The second kappa shape index (κ2) is 7.06. The van der Waals surface area contributed by atoms with E-state index >= 15 is 0 Å². The van der Waals surface area contributed by atoms with Crippen LogP contribution in [0.1, 0.15) is 38.7 Å². The number of likely N-dealkylation sites (tertiary alicyclic amines) is 2. The number of aromatic hydroxyl groups is 1. The van der Waals surface area contributed by atoms with E-state index in [-0.39, 0.29) is 17.6 Å². The number of rotatable bonds is 5. The molecule has 1 unspecified atom stereocenters. The lowest BCUT2D eigenvalue weighted by atomic mass is 9.84. The molecule has 1 aromatic rings. The number of carbonyl (C=O) groups is 2. The first-order valence-corrected chi connectivity index (χ1v) is 9.20. The minimum Gasteiger partial charge on any atom is -0.508 e. The monoisotopic (exact) mass is 344 g/mol. The number of nitrogens with zero attached hydrogens (tertiary/aromatic N) is 2. The summed E-state index contributed by atoms with van der Waals surface area (Å²) in [7, 11) is 0. The molecule has 0 spiro atoms. The van der Waals surface area contributed by atoms with Crippen molar-refractivity contribution in [3.05, 3.63) is 29.8 Å². The van der Waals surface area contributed by atoms with Crippen LogP contribution in [0.15, 0.2) is 24.3 Å². The SMILES string of the molecule is CC(C)(Cc1ccc(O)cc1)C(=O)N1CCC(CN2CCCC2=O)C1. The van der Waals surface area contributed by atoms with Crippen LogP contribution in [0.3, 0.4) is 0 Å². The minimum absolute atomic E-state index is 0.177. The van der Waals surface area contributed by atoms with Crippen molar-refractivity contribution >= 4 is 11.8 Å². The van der Waals surface area contributed by atoms with E-state index in [1.54, 1.807) is 12.1 Å². The maximum atomic E-state index is 13.0. The maximum absolute atomic E-state index is 13.0. The first kappa shape index (κ1) is 17.8. The molecule has 1 N–H and O–H groups in total. The average Bonchev–Trinajstić information content (AvgIpc) is 3.19. The van der Waals surface area contributed by atoms with Gasteiger partial charge in [0.25, 0.3) is 0 Å². The van der Waals surface area contributed by atoms with Crippen molar-refractivity contribution in [1.82, 2.24) is 9.80 Å². The van der Waals surface area contributed by atoms with Gasteiger partial charge in [0.2, 0.25) is 11.8 Å². The number of phenolic OH excluding ortho intramolecular Hbond substituents is 1. The number of carbonyl (C=O) groups excluding carboxylic acids is 2. The van der Waals surface area contributed by atoms with E-state index in [1.807, 2.05) is 35.8 Å². The molecule has 1 aromatic carbocycles. The van der Waals surface area contributed by atoms with Gasteiger partial charge in [-0.2, -0.15) is 0 Å². The zero-order chi connectivity index (χ0) is 18.0. The van der Waals surface area contributed by atoms with Crippen LogP contribution in [0.25, 0.3) is 0 Å². The summed E-state index contributed by atoms with van der Waals surface area (Å²) in [5.74, 6) is 1.08. The van der Waals surface area contributed by atoms with Gasteiger partial charge in [-0.05, 0) is 42.9 Å². The molecule has 3 rings (SSSR count). The van der Waals surface area contributed by atoms with Gasteiger partial charge in [0, 0.05) is 38.0 Å². The molecule has 5 heteroatoms. The van der Waals surface area contributed by atoms with E-state index in [4.69, 9.17) is 0 Å². The van der Waals surface area contributed by atoms with Crippen LogP contribution in [0.5, 0.6) is 5.75 Å². The summed E-state index contributed by atoms with van der Waals surface area (Å²) in [6, 6.07) is 7.07. The Morgan fingerprint density at radius 2 is 1.96 bits per heavy atom. The van der Waals surface area contributed by atoms with Gasteiger partial charge in [0.1, 0.15) is 5.75 Å². The number of hydrogen-bond acceptors (Lipinski definition) is 3. The van der Waals surface area contributed by atoms with Gasteiger partial charge in [0.15, 0.2) is 0 Å². The van der Waals surface area contributed by atoms with E-state index in [0.717, 1.165) is 44.6 Å². The minimum atomic E-state index is -0.477. The lowest BCUT2D eigenvalue weighted by Crippen LogP contribution is -2.41. The van der Waals surface area contributed by atoms with Crippen molar-refractivity contribution in [3.8, 4) is 5.75 Å². The predicted octanol–water partition coefficient (Wildman–Crippen LogP) is 2.43. The van der Waals surface area contributed by atoms with Gasteiger partial charge in [-0.25, -0.2) is 0 Å². The van der Waals surface area contributed by atoms with Crippen LogP contribution in [-0.4, -0.2) is 52.9 Å². The van der Waals surface area contributed by atoms with E-state index in [1.165, 1.54) is 0 Å². The summed E-state index contributed by atoms with van der Waals surface area (Å²) in [5, 5.41) is 9.40. The molecular formula is C20H28N2O3. The number of phenols is 1. The molecule has 2 aliphatic heterocycles. The molecule has 2 saturated heterocycles. The quantitative estimate of drug-likeness (QED) is 0.892. The molecule has 0 bridgehead atoms. The fourth-order valence-corrected chi connectivity index (χ4v) is 4.00. The third-order valence-electron chi connectivity index (χ3n) is 5.38. The van der Waals surface area contributed by atoms with Crippen LogP contribution < -0.4 is 0 Å². The number of hydrogen-bond donors (Lipinski definition) is 1. The second-order valence-electron chi connectivity index (χ2n) is 8.08. The third kappa shape index (κ3) is 4.14. The highest BCUT2D eigenvalue weighted by Crippen LogP contribution is 2.29. The second-order valence-corrected chi connectivity index (χ2v) is 8.08. The molecule has 1 atom stereocenters. The number of amides is 2. The summed E-state index contributed by atoms with van der Waals surface area (Å²) in [6.45, 7) is 7.17. The Morgan fingerprint density at radius 1 is 1.24 bits per heavy atom. The Morgan fingerprint density at radius 3 is 2.60 bits per heavy atom. The zero-order valence-corrected chi connectivity index (χ0v) is 15.2. The Labute approximate surface area is 149 Å². The molecule has 25 heavy (non-hydrogen) atoms. The third-order valence-corrected chi connectivity index (χ3v) is 5.38. The van der Waals surface area contributed by atoms with E-state index < -0.39 is 5.41 Å². The number of benzene rings is 1. The topological polar surface area (TPSA) is 60.9 Å². The summed E-state index contributed by atoms with van der Waals surface area (Å²) in [5.41, 5.74) is 0.574. The van der Waals surface area contributed by atoms with Crippen molar-refractivity contribution in [2.75, 3.05) is 26.2 Å². The van der Waals surface area contributed by atoms with Crippen LogP contribution in [0.4, 0.5) is 0 Å². The fraction of sp³-hybridized carbons (Fsp3) is 0.600. The molecule has 0 aliphatic carbocycles. The van der Waals surface area contributed by atoms with Gasteiger partial charge < -0.3 is 14.9 Å². The molecule has 136 valence electrons. The highest BCUT2D eigenvalue weighted by atomic mass is 16.3. The van der Waals surface area contributed by atoms with Crippen molar-refractivity contribution in [2.24, 2.45) is 11.3 Å². The summed E-state index contributed by atoms with van der Waals surface area (Å²) < 4.78 is 0. The molecule has 2 amide bonds. The van der Waals surface area contributed by atoms with Gasteiger partial charge in [0.05, 0.1) is 0 Å². The smallest absolute Gasteiger partial charge is 0.228 e. The molecular weight excluding hydrogens is 316 g/mol. The molecule has 0 radical (unpaired) electrons. The van der Waals surface area contributed by atoms with Gasteiger partial charge in [-0.1, -0.05) is 26.0 Å². The van der Waals surface area contributed by atoms with Crippen LogP contribution in [0.2, 0.25) is 0 Å². The molecule has 5 nitrogen and oxygen atoms in total. The fourth-order valence-electron chi connectivity index (χ4n) is 4.00. The summed E-state index contributed by atoms with van der Waals surface area (Å²) >= 11 is 0. The van der Waals surface area contributed by atoms with Crippen LogP contribution >= 0.6 is 0 Å². The van der Waals surface area contributed by atoms with E-state index in [2.05, 4.69) is 0 Å². The Kier molecular flexibility index (Phi) is 5.02.